The van der Waals surface area contributed by atoms with Crippen molar-refractivity contribution in [2.24, 2.45) is 0 Å². The van der Waals surface area contributed by atoms with Gasteiger partial charge in [0.25, 0.3) is 0 Å². The summed E-state index contributed by atoms with van der Waals surface area (Å²) in [5.41, 5.74) is 1.89. The van der Waals surface area contributed by atoms with Gasteiger partial charge >= 0.3 is 6.18 Å². The lowest BCUT2D eigenvalue weighted by Crippen LogP contribution is -2.04. The summed E-state index contributed by atoms with van der Waals surface area (Å²) in [5, 5.41) is 2.56. The lowest BCUT2D eigenvalue weighted by molar-refractivity contribution is -0.137. The van der Waals surface area contributed by atoms with E-state index in [9.17, 15) is 18.0 Å². The number of carbonyl (C=O) groups excluding carboxylic acids is 1. The van der Waals surface area contributed by atoms with E-state index in [0.29, 0.717) is 23.2 Å². The molecule has 0 atom stereocenters. The lowest BCUT2D eigenvalue weighted by atomic mass is 10.1. The Bertz CT molecular complexity index is 853. The molecule has 3 rings (SSSR count). The summed E-state index contributed by atoms with van der Waals surface area (Å²) >= 11 is 1.40. The molecule has 1 aromatic heterocycles. The van der Waals surface area contributed by atoms with E-state index in [1.807, 2.05) is 12.1 Å². The average molecular weight is 347 g/mol. The van der Waals surface area contributed by atoms with Crippen LogP contribution in [0.15, 0.2) is 53.9 Å². The van der Waals surface area contributed by atoms with Crippen molar-refractivity contribution in [2.75, 3.05) is 0 Å². The Hall–Kier alpha value is -2.47. The zero-order valence-electron chi connectivity index (χ0n) is 12.4. The highest BCUT2D eigenvalue weighted by Crippen LogP contribution is 2.32. The van der Waals surface area contributed by atoms with Gasteiger partial charge < -0.3 is 0 Å². The van der Waals surface area contributed by atoms with Crippen LogP contribution in [0.3, 0.4) is 0 Å². The predicted octanol–water partition coefficient (Wildman–Crippen LogP) is 5.23. The van der Waals surface area contributed by atoms with Gasteiger partial charge in [0.2, 0.25) is 0 Å². The molecule has 0 N–H and O–H groups in total. The standard InChI is InChI=1S/C18H12F3NOS/c19-18(20,21)15-3-1-2-14(9-15)16-11-24-17(22-16)8-12-4-6-13(10-23)7-5-12/h1-7,9-11H,8H2. The molecule has 0 amide bonds. The Morgan fingerprint density at radius 1 is 1.08 bits per heavy atom. The summed E-state index contributed by atoms with van der Waals surface area (Å²) in [5.74, 6) is 0. The Labute approximate surface area is 140 Å². The molecular weight excluding hydrogens is 335 g/mol. The molecular formula is C18H12F3NOS. The van der Waals surface area contributed by atoms with Gasteiger partial charge in [-0.25, -0.2) is 4.98 Å². The first-order valence-electron chi connectivity index (χ1n) is 7.12. The molecule has 0 fully saturated rings. The SMILES string of the molecule is O=Cc1ccc(Cc2nc(-c3cccc(C(F)(F)F)c3)cs2)cc1. The molecule has 0 radical (unpaired) electrons. The smallest absolute Gasteiger partial charge is 0.298 e. The van der Waals surface area contributed by atoms with Crippen molar-refractivity contribution in [1.82, 2.24) is 4.98 Å². The van der Waals surface area contributed by atoms with E-state index in [4.69, 9.17) is 0 Å². The highest BCUT2D eigenvalue weighted by molar-refractivity contribution is 7.10. The highest BCUT2D eigenvalue weighted by atomic mass is 32.1. The van der Waals surface area contributed by atoms with Gasteiger partial charge in [-0.1, -0.05) is 36.4 Å². The third-order valence-corrected chi connectivity index (χ3v) is 4.36. The average Bonchev–Trinajstić information content (AvgIpc) is 3.03. The van der Waals surface area contributed by atoms with Crippen LogP contribution in [-0.2, 0) is 12.6 Å². The molecule has 3 aromatic rings. The van der Waals surface area contributed by atoms with Gasteiger partial charge in [-0.2, -0.15) is 13.2 Å². The fraction of sp³-hybridized carbons (Fsp3) is 0.111. The summed E-state index contributed by atoms with van der Waals surface area (Å²) in [7, 11) is 0. The predicted molar refractivity (Wildman–Crippen MR) is 87.2 cm³/mol. The second kappa shape index (κ2) is 6.57. The number of hydrogen-bond donors (Lipinski definition) is 0. The van der Waals surface area contributed by atoms with Crippen molar-refractivity contribution in [3.63, 3.8) is 0 Å². The van der Waals surface area contributed by atoms with Gasteiger partial charge in [-0.3, -0.25) is 4.79 Å². The van der Waals surface area contributed by atoms with Gasteiger partial charge in [0, 0.05) is 22.9 Å². The number of aromatic nitrogens is 1. The van der Waals surface area contributed by atoms with Crippen LogP contribution in [0.5, 0.6) is 0 Å². The summed E-state index contributed by atoms with van der Waals surface area (Å²) in [6.45, 7) is 0. The number of carbonyl (C=O) groups is 1. The Morgan fingerprint density at radius 3 is 2.50 bits per heavy atom. The topological polar surface area (TPSA) is 30.0 Å². The van der Waals surface area contributed by atoms with E-state index >= 15 is 0 Å². The van der Waals surface area contributed by atoms with E-state index in [-0.39, 0.29) is 0 Å². The molecule has 1 heterocycles. The minimum Gasteiger partial charge on any atom is -0.298 e. The fourth-order valence-corrected chi connectivity index (χ4v) is 3.11. The van der Waals surface area contributed by atoms with E-state index in [0.717, 1.165) is 29.0 Å². The van der Waals surface area contributed by atoms with Crippen molar-refractivity contribution < 1.29 is 18.0 Å². The zero-order valence-corrected chi connectivity index (χ0v) is 13.2. The number of rotatable bonds is 4. The lowest BCUT2D eigenvalue weighted by Gasteiger charge is -2.07. The maximum Gasteiger partial charge on any atom is 0.416 e. The molecule has 0 saturated carbocycles. The van der Waals surface area contributed by atoms with Crippen LogP contribution < -0.4 is 0 Å². The summed E-state index contributed by atoms with van der Waals surface area (Å²) in [6, 6.07) is 12.3. The molecule has 2 aromatic carbocycles. The van der Waals surface area contributed by atoms with Crippen LogP contribution in [-0.4, -0.2) is 11.3 Å². The molecule has 24 heavy (non-hydrogen) atoms. The molecule has 0 unspecified atom stereocenters. The molecule has 0 spiro atoms. The van der Waals surface area contributed by atoms with Gasteiger partial charge in [0.15, 0.2) is 0 Å². The van der Waals surface area contributed by atoms with Gasteiger partial charge in [-0.15, -0.1) is 11.3 Å². The van der Waals surface area contributed by atoms with E-state index in [2.05, 4.69) is 4.98 Å². The van der Waals surface area contributed by atoms with E-state index < -0.39 is 11.7 Å². The Balaban J connectivity index is 1.81. The van der Waals surface area contributed by atoms with Crippen LogP contribution in [0.4, 0.5) is 13.2 Å². The van der Waals surface area contributed by atoms with Crippen molar-refractivity contribution in [2.45, 2.75) is 12.6 Å². The van der Waals surface area contributed by atoms with Crippen LogP contribution in [0.25, 0.3) is 11.3 Å². The second-order valence-electron chi connectivity index (χ2n) is 5.24. The first-order chi connectivity index (χ1) is 11.5. The molecule has 0 aliphatic heterocycles. The Kier molecular flexibility index (Phi) is 4.49. The normalized spacial score (nSPS) is 11.5. The summed E-state index contributed by atoms with van der Waals surface area (Å²) in [4.78, 5) is 15.1. The number of aldehydes is 1. The molecule has 0 bridgehead atoms. The number of halogens is 3. The Morgan fingerprint density at radius 2 is 1.83 bits per heavy atom. The fourth-order valence-electron chi connectivity index (χ4n) is 2.27. The van der Waals surface area contributed by atoms with Crippen molar-refractivity contribution in [3.05, 3.63) is 75.6 Å². The molecule has 122 valence electrons. The third-order valence-electron chi connectivity index (χ3n) is 3.51. The summed E-state index contributed by atoms with van der Waals surface area (Å²) in [6.07, 6.45) is -3.02. The number of thiazole rings is 1. The monoisotopic (exact) mass is 347 g/mol. The molecule has 0 aliphatic carbocycles. The quantitative estimate of drug-likeness (QED) is 0.605. The number of benzene rings is 2. The zero-order chi connectivity index (χ0) is 17.2. The number of alkyl halides is 3. The van der Waals surface area contributed by atoms with E-state index in [1.165, 1.54) is 17.4 Å². The highest BCUT2D eigenvalue weighted by Gasteiger charge is 2.30. The molecule has 0 saturated heterocycles. The van der Waals surface area contributed by atoms with Crippen molar-refractivity contribution in [3.8, 4) is 11.3 Å². The van der Waals surface area contributed by atoms with Gasteiger partial charge in [0.05, 0.1) is 16.3 Å². The number of hydrogen-bond acceptors (Lipinski definition) is 3. The maximum atomic E-state index is 12.8. The van der Waals surface area contributed by atoms with E-state index in [1.54, 1.807) is 23.6 Å². The van der Waals surface area contributed by atoms with Crippen LogP contribution >= 0.6 is 11.3 Å². The van der Waals surface area contributed by atoms with Crippen molar-refractivity contribution >= 4 is 17.6 Å². The molecule has 6 heteroatoms. The minimum absolute atomic E-state index is 0.448. The molecule has 2 nitrogen and oxygen atoms in total. The van der Waals surface area contributed by atoms with Crippen LogP contribution in [0, 0.1) is 0 Å². The maximum absolute atomic E-state index is 12.8. The van der Waals surface area contributed by atoms with Gasteiger partial charge in [0.1, 0.15) is 6.29 Å². The minimum atomic E-state index is -4.37. The molecule has 0 aliphatic rings. The van der Waals surface area contributed by atoms with Crippen LogP contribution in [0.1, 0.15) is 26.5 Å². The largest absolute Gasteiger partial charge is 0.416 e. The van der Waals surface area contributed by atoms with Crippen LogP contribution in [0.2, 0.25) is 0 Å². The van der Waals surface area contributed by atoms with Gasteiger partial charge in [-0.05, 0) is 17.7 Å². The first kappa shape index (κ1) is 16.4. The third kappa shape index (κ3) is 3.71. The number of nitrogens with zero attached hydrogens (tertiary/aromatic N) is 1. The second-order valence-corrected chi connectivity index (χ2v) is 6.18. The first-order valence-corrected chi connectivity index (χ1v) is 8.00. The summed E-state index contributed by atoms with van der Waals surface area (Å²) < 4.78 is 38.4. The van der Waals surface area contributed by atoms with Crippen molar-refractivity contribution in [1.29, 1.82) is 0 Å².